The molecule has 0 heterocycles. The molecule has 0 aliphatic carbocycles. The molecule has 2 amide bonds. The van der Waals surface area contributed by atoms with Gasteiger partial charge in [0.05, 0.1) is 15.6 Å². The Labute approximate surface area is 219 Å². The van der Waals surface area contributed by atoms with Crippen molar-refractivity contribution in [2.24, 2.45) is 0 Å². The molecular formula is C25H24Cl2FN3O4S. The number of carbonyl (C=O) groups excluding carboxylic acids is 2. The third-order valence-electron chi connectivity index (χ3n) is 5.50. The monoisotopic (exact) mass is 551 g/mol. The van der Waals surface area contributed by atoms with E-state index in [-0.39, 0.29) is 32.7 Å². The first-order chi connectivity index (χ1) is 17.1. The molecule has 1 N–H and O–H groups in total. The number of hydrogen-bond acceptors (Lipinski definition) is 4. The number of sulfonamides is 1. The van der Waals surface area contributed by atoms with Gasteiger partial charge < -0.3 is 10.2 Å². The molecule has 3 aromatic carbocycles. The Morgan fingerprint density at radius 1 is 1.00 bits per heavy atom. The molecule has 0 unspecified atom stereocenters. The Bertz CT molecular complexity index is 1360. The Morgan fingerprint density at radius 2 is 1.64 bits per heavy atom. The van der Waals surface area contributed by atoms with Crippen LogP contribution in [0.4, 0.5) is 10.1 Å². The van der Waals surface area contributed by atoms with Gasteiger partial charge in [-0.3, -0.25) is 13.9 Å². The lowest BCUT2D eigenvalue weighted by Gasteiger charge is -2.32. The standard InChI is InChI=1S/C25H24Cl2FN3O4S/c1-17(25(33)29-2)30(15-18-8-6-7-11-22(18)28)24(32)16-31(23-14-19(26)12-13-21(23)27)36(34,35)20-9-4-3-5-10-20/h3-14,17H,15-16H2,1-2H3,(H,29,33)/t17-/m1/s1. The number of anilines is 1. The molecule has 0 aromatic heterocycles. The molecule has 0 bridgehead atoms. The lowest BCUT2D eigenvalue weighted by molar-refractivity contribution is -0.139. The zero-order valence-corrected chi connectivity index (χ0v) is 21.8. The van der Waals surface area contributed by atoms with E-state index in [0.29, 0.717) is 0 Å². The summed E-state index contributed by atoms with van der Waals surface area (Å²) in [6.07, 6.45) is 0. The minimum atomic E-state index is -4.29. The number of nitrogens with one attached hydrogen (secondary N) is 1. The van der Waals surface area contributed by atoms with Crippen molar-refractivity contribution < 1.29 is 22.4 Å². The van der Waals surface area contributed by atoms with Crippen molar-refractivity contribution in [1.29, 1.82) is 0 Å². The summed E-state index contributed by atoms with van der Waals surface area (Å²) in [6.45, 7) is 0.496. The number of halogens is 3. The van der Waals surface area contributed by atoms with Crippen LogP contribution in [0.5, 0.6) is 0 Å². The molecule has 0 radical (unpaired) electrons. The smallest absolute Gasteiger partial charge is 0.264 e. The minimum Gasteiger partial charge on any atom is -0.357 e. The second kappa shape index (κ2) is 11.7. The van der Waals surface area contributed by atoms with Gasteiger partial charge in [0.25, 0.3) is 10.0 Å². The zero-order chi connectivity index (χ0) is 26.5. The van der Waals surface area contributed by atoms with Crippen LogP contribution in [0.3, 0.4) is 0 Å². The topological polar surface area (TPSA) is 86.8 Å². The second-order valence-corrected chi connectivity index (χ2v) is 10.5. The Balaban J connectivity index is 2.08. The molecule has 0 aliphatic rings. The van der Waals surface area contributed by atoms with Crippen molar-refractivity contribution in [1.82, 2.24) is 10.2 Å². The fourth-order valence-corrected chi connectivity index (χ4v) is 5.39. The molecule has 3 rings (SSSR count). The maximum absolute atomic E-state index is 14.4. The molecular weight excluding hydrogens is 528 g/mol. The number of nitrogens with zero attached hydrogens (tertiary/aromatic N) is 2. The summed E-state index contributed by atoms with van der Waals surface area (Å²) >= 11 is 12.5. The van der Waals surface area contributed by atoms with Crippen molar-refractivity contribution in [2.75, 3.05) is 17.9 Å². The third-order valence-corrected chi connectivity index (χ3v) is 7.83. The minimum absolute atomic E-state index is 0.0141. The van der Waals surface area contributed by atoms with E-state index in [4.69, 9.17) is 23.2 Å². The molecule has 190 valence electrons. The van der Waals surface area contributed by atoms with Gasteiger partial charge in [-0.05, 0) is 43.3 Å². The fraction of sp³-hybridized carbons (Fsp3) is 0.200. The Morgan fingerprint density at radius 3 is 2.28 bits per heavy atom. The highest BCUT2D eigenvalue weighted by atomic mass is 35.5. The predicted octanol–water partition coefficient (Wildman–Crippen LogP) is 4.49. The number of likely N-dealkylation sites (N-methyl/N-ethyl adjacent to an activating group) is 1. The molecule has 0 saturated carbocycles. The summed E-state index contributed by atoms with van der Waals surface area (Å²) in [5.74, 6) is -1.81. The van der Waals surface area contributed by atoms with E-state index >= 15 is 0 Å². The van der Waals surface area contributed by atoms with Gasteiger partial charge in [0, 0.05) is 24.2 Å². The molecule has 11 heteroatoms. The van der Waals surface area contributed by atoms with Crippen LogP contribution in [0, 0.1) is 5.82 Å². The first-order valence-corrected chi connectivity index (χ1v) is 13.0. The summed E-state index contributed by atoms with van der Waals surface area (Å²) in [4.78, 5) is 27.1. The second-order valence-electron chi connectivity index (χ2n) is 7.82. The maximum Gasteiger partial charge on any atom is 0.264 e. The molecule has 0 fully saturated rings. The SMILES string of the molecule is CNC(=O)[C@@H](C)N(Cc1ccccc1F)C(=O)CN(c1cc(Cl)ccc1Cl)S(=O)(=O)c1ccccc1. The van der Waals surface area contributed by atoms with Crippen LogP contribution < -0.4 is 9.62 Å². The highest BCUT2D eigenvalue weighted by Crippen LogP contribution is 2.33. The summed E-state index contributed by atoms with van der Waals surface area (Å²) in [5.41, 5.74) is 0.152. The normalized spacial score (nSPS) is 12.0. The molecule has 0 spiro atoms. The van der Waals surface area contributed by atoms with Gasteiger partial charge in [0.1, 0.15) is 18.4 Å². The summed E-state index contributed by atoms with van der Waals surface area (Å²) in [5, 5.41) is 2.71. The van der Waals surface area contributed by atoms with Gasteiger partial charge >= 0.3 is 0 Å². The van der Waals surface area contributed by atoms with Crippen molar-refractivity contribution in [3.63, 3.8) is 0 Å². The van der Waals surface area contributed by atoms with Crippen LogP contribution in [-0.2, 0) is 26.2 Å². The molecule has 7 nitrogen and oxygen atoms in total. The number of benzene rings is 3. The molecule has 3 aromatic rings. The largest absolute Gasteiger partial charge is 0.357 e. The zero-order valence-electron chi connectivity index (χ0n) is 19.5. The lowest BCUT2D eigenvalue weighted by Crippen LogP contribution is -2.50. The highest BCUT2D eigenvalue weighted by molar-refractivity contribution is 7.92. The first-order valence-electron chi connectivity index (χ1n) is 10.8. The molecule has 0 saturated heterocycles. The van der Waals surface area contributed by atoms with E-state index < -0.39 is 40.2 Å². The molecule has 1 atom stereocenters. The Hall–Kier alpha value is -3.14. The van der Waals surface area contributed by atoms with Gasteiger partial charge in [-0.25, -0.2) is 12.8 Å². The molecule has 36 heavy (non-hydrogen) atoms. The summed E-state index contributed by atoms with van der Waals surface area (Å²) < 4.78 is 42.5. The van der Waals surface area contributed by atoms with Gasteiger partial charge in [-0.15, -0.1) is 0 Å². The lowest BCUT2D eigenvalue weighted by atomic mass is 10.1. The van der Waals surface area contributed by atoms with E-state index in [9.17, 15) is 22.4 Å². The third kappa shape index (κ3) is 6.16. The van der Waals surface area contributed by atoms with Crippen LogP contribution in [0.25, 0.3) is 0 Å². The number of carbonyl (C=O) groups is 2. The van der Waals surface area contributed by atoms with E-state index in [1.54, 1.807) is 24.3 Å². The average molecular weight is 552 g/mol. The first kappa shape index (κ1) is 27.4. The van der Waals surface area contributed by atoms with Crippen molar-refractivity contribution >= 4 is 50.7 Å². The van der Waals surface area contributed by atoms with E-state index in [2.05, 4.69) is 5.32 Å². The van der Waals surface area contributed by atoms with Crippen LogP contribution in [0.2, 0.25) is 10.0 Å². The van der Waals surface area contributed by atoms with Crippen LogP contribution >= 0.6 is 23.2 Å². The summed E-state index contributed by atoms with van der Waals surface area (Å²) in [7, 11) is -2.88. The van der Waals surface area contributed by atoms with E-state index in [0.717, 1.165) is 9.21 Å². The van der Waals surface area contributed by atoms with Gasteiger partial charge in [-0.2, -0.15) is 0 Å². The quantitative estimate of drug-likeness (QED) is 0.424. The molecule has 0 aliphatic heterocycles. The van der Waals surface area contributed by atoms with Gasteiger partial charge in [0.15, 0.2) is 0 Å². The van der Waals surface area contributed by atoms with Crippen molar-refractivity contribution in [2.45, 2.75) is 24.4 Å². The van der Waals surface area contributed by atoms with Crippen LogP contribution in [-0.4, -0.2) is 44.8 Å². The predicted molar refractivity (Wildman–Crippen MR) is 138 cm³/mol. The number of hydrogen-bond donors (Lipinski definition) is 1. The highest BCUT2D eigenvalue weighted by Gasteiger charge is 2.33. The van der Waals surface area contributed by atoms with Crippen LogP contribution in [0.1, 0.15) is 12.5 Å². The summed E-state index contributed by atoms with van der Waals surface area (Å²) in [6, 6.07) is 16.6. The van der Waals surface area contributed by atoms with Gasteiger partial charge in [0.2, 0.25) is 11.8 Å². The fourth-order valence-electron chi connectivity index (χ4n) is 3.51. The van der Waals surface area contributed by atoms with Crippen LogP contribution in [0.15, 0.2) is 77.7 Å². The Kier molecular flexibility index (Phi) is 8.94. The number of rotatable bonds is 9. The average Bonchev–Trinajstić information content (AvgIpc) is 2.87. The van der Waals surface area contributed by atoms with Gasteiger partial charge in [-0.1, -0.05) is 59.6 Å². The van der Waals surface area contributed by atoms with E-state index in [1.165, 1.54) is 62.5 Å². The number of amides is 2. The van der Waals surface area contributed by atoms with E-state index in [1.807, 2.05) is 0 Å². The maximum atomic E-state index is 14.4. The van der Waals surface area contributed by atoms with Crippen molar-refractivity contribution in [3.05, 3.63) is 94.2 Å². The van der Waals surface area contributed by atoms with Crippen molar-refractivity contribution in [3.8, 4) is 0 Å².